The highest BCUT2D eigenvalue weighted by Gasteiger charge is 2.33. The Morgan fingerprint density at radius 2 is 1.56 bits per heavy atom. The van der Waals surface area contributed by atoms with Crippen molar-refractivity contribution in [3.63, 3.8) is 0 Å². The molecule has 0 aliphatic rings. The van der Waals surface area contributed by atoms with Crippen molar-refractivity contribution < 1.29 is 22.4 Å². The molecular weight excluding hydrogens is 459 g/mol. The number of amides is 2. The Bertz CT molecular complexity index is 1080. The summed E-state index contributed by atoms with van der Waals surface area (Å²) in [5, 5.41) is 2.85. The van der Waals surface area contributed by atoms with Crippen LogP contribution in [0.1, 0.15) is 33.3 Å². The molecule has 2 rings (SSSR count). The second-order valence-corrected chi connectivity index (χ2v) is 11.3. The molecule has 1 unspecified atom stereocenters. The van der Waals surface area contributed by atoms with Gasteiger partial charge >= 0.3 is 10.2 Å². The topological polar surface area (TPSA) is 90.0 Å². The van der Waals surface area contributed by atoms with Crippen LogP contribution in [0.15, 0.2) is 54.6 Å². The van der Waals surface area contributed by atoms with E-state index in [0.29, 0.717) is 11.3 Å². The van der Waals surface area contributed by atoms with Crippen molar-refractivity contribution in [2.45, 2.75) is 45.8 Å². The number of nitrogens with zero attached hydrogens (tertiary/aromatic N) is 3. The maximum Gasteiger partial charge on any atom is 0.304 e. The molecule has 0 spiro atoms. The van der Waals surface area contributed by atoms with E-state index < -0.39 is 40.1 Å². The highest BCUT2D eigenvalue weighted by atomic mass is 32.2. The van der Waals surface area contributed by atoms with E-state index in [4.69, 9.17) is 0 Å². The quantitative estimate of drug-likeness (QED) is 0.583. The molecule has 0 heterocycles. The number of hydrogen-bond acceptors (Lipinski definition) is 4. The van der Waals surface area contributed by atoms with E-state index in [2.05, 4.69) is 5.32 Å². The molecule has 10 heteroatoms. The first-order valence-electron chi connectivity index (χ1n) is 10.8. The Labute approximate surface area is 201 Å². The van der Waals surface area contributed by atoms with Gasteiger partial charge in [0.1, 0.15) is 18.4 Å². The summed E-state index contributed by atoms with van der Waals surface area (Å²) in [6.07, 6.45) is 0. The first-order chi connectivity index (χ1) is 15.7. The Hall–Kier alpha value is -2.98. The van der Waals surface area contributed by atoms with Gasteiger partial charge in [-0.1, -0.05) is 30.3 Å². The molecule has 2 amide bonds. The van der Waals surface area contributed by atoms with Gasteiger partial charge in [0.05, 0.1) is 5.69 Å². The lowest BCUT2D eigenvalue weighted by Gasteiger charge is -2.34. The number of nitrogens with one attached hydrogen (secondary N) is 1. The molecule has 0 fully saturated rings. The maximum absolute atomic E-state index is 13.5. The van der Waals surface area contributed by atoms with Crippen molar-refractivity contribution in [1.29, 1.82) is 0 Å². The fourth-order valence-corrected chi connectivity index (χ4v) is 4.21. The van der Waals surface area contributed by atoms with Crippen LogP contribution in [-0.4, -0.2) is 61.7 Å². The van der Waals surface area contributed by atoms with Gasteiger partial charge in [0.15, 0.2) is 0 Å². The Kier molecular flexibility index (Phi) is 8.79. The summed E-state index contributed by atoms with van der Waals surface area (Å²) < 4.78 is 41.5. The van der Waals surface area contributed by atoms with Crippen molar-refractivity contribution in [2.24, 2.45) is 0 Å². The molecule has 1 N–H and O–H groups in total. The SMILES string of the molecule is CC(C(=O)NC(C)(C)C)N(Cc1ccc(F)cc1)C(=O)CN(c1ccccc1)S(=O)(=O)N(C)C. The van der Waals surface area contributed by atoms with Crippen molar-refractivity contribution in [1.82, 2.24) is 14.5 Å². The van der Waals surface area contributed by atoms with Gasteiger partial charge < -0.3 is 10.2 Å². The lowest BCUT2D eigenvalue weighted by Crippen LogP contribution is -2.54. The molecule has 1 atom stereocenters. The van der Waals surface area contributed by atoms with E-state index in [-0.39, 0.29) is 12.5 Å². The minimum absolute atomic E-state index is 0.00246. The predicted molar refractivity (Wildman–Crippen MR) is 131 cm³/mol. The monoisotopic (exact) mass is 492 g/mol. The van der Waals surface area contributed by atoms with Crippen LogP contribution < -0.4 is 9.62 Å². The fourth-order valence-electron chi connectivity index (χ4n) is 3.15. The van der Waals surface area contributed by atoms with Crippen LogP contribution in [0.4, 0.5) is 10.1 Å². The van der Waals surface area contributed by atoms with Gasteiger partial charge in [-0.05, 0) is 57.5 Å². The number of rotatable bonds is 9. The highest BCUT2D eigenvalue weighted by Crippen LogP contribution is 2.20. The molecule has 8 nitrogen and oxygen atoms in total. The van der Waals surface area contributed by atoms with Crippen LogP contribution in [-0.2, 0) is 26.3 Å². The first-order valence-corrected chi connectivity index (χ1v) is 12.2. The number of halogens is 1. The third-order valence-corrected chi connectivity index (χ3v) is 6.81. The van der Waals surface area contributed by atoms with Gasteiger partial charge in [-0.15, -0.1) is 0 Å². The number of hydrogen-bond donors (Lipinski definition) is 1. The minimum atomic E-state index is -4.00. The van der Waals surface area contributed by atoms with Crippen LogP contribution in [0.5, 0.6) is 0 Å². The molecule has 34 heavy (non-hydrogen) atoms. The second kappa shape index (κ2) is 11.0. The normalized spacial score (nSPS) is 12.8. The van der Waals surface area contributed by atoms with Gasteiger partial charge in [-0.25, -0.2) is 8.70 Å². The van der Waals surface area contributed by atoms with E-state index in [1.807, 2.05) is 20.8 Å². The second-order valence-electron chi connectivity index (χ2n) is 9.20. The lowest BCUT2D eigenvalue weighted by atomic mass is 10.1. The smallest absolute Gasteiger partial charge is 0.304 e. The molecule has 0 aromatic heterocycles. The van der Waals surface area contributed by atoms with Crippen LogP contribution in [0.2, 0.25) is 0 Å². The molecule has 0 saturated carbocycles. The molecular formula is C24H33FN4O4S. The zero-order valence-electron chi connectivity index (χ0n) is 20.4. The molecule has 0 saturated heterocycles. The van der Waals surface area contributed by atoms with Gasteiger partial charge in [0.2, 0.25) is 11.8 Å². The third kappa shape index (κ3) is 7.26. The van der Waals surface area contributed by atoms with Gasteiger partial charge in [0, 0.05) is 26.2 Å². The summed E-state index contributed by atoms with van der Waals surface area (Å²) in [6, 6.07) is 13.0. The largest absolute Gasteiger partial charge is 0.350 e. The average molecular weight is 493 g/mol. The number of anilines is 1. The van der Waals surface area contributed by atoms with Crippen LogP contribution in [0, 0.1) is 5.82 Å². The van der Waals surface area contributed by atoms with E-state index >= 15 is 0 Å². The Balaban J connectivity index is 2.43. The number of carbonyl (C=O) groups is 2. The Morgan fingerprint density at radius 3 is 2.06 bits per heavy atom. The van der Waals surface area contributed by atoms with Crippen molar-refractivity contribution in [3.05, 3.63) is 66.0 Å². The third-order valence-electron chi connectivity index (χ3n) is 4.99. The summed E-state index contributed by atoms with van der Waals surface area (Å²) in [5.74, 6) is -1.38. The maximum atomic E-state index is 13.5. The fraction of sp³-hybridized carbons (Fsp3) is 0.417. The Morgan fingerprint density at radius 1 is 1.00 bits per heavy atom. The highest BCUT2D eigenvalue weighted by molar-refractivity contribution is 7.90. The summed E-state index contributed by atoms with van der Waals surface area (Å²) in [7, 11) is -1.24. The molecule has 0 aliphatic heterocycles. The zero-order valence-corrected chi connectivity index (χ0v) is 21.3. The minimum Gasteiger partial charge on any atom is -0.350 e. The standard InChI is InChI=1S/C24H33FN4O4S/c1-18(23(31)26-24(2,3)4)28(16-19-12-14-20(25)15-13-19)22(30)17-29(34(32,33)27(5)6)21-10-8-7-9-11-21/h7-15,18H,16-17H2,1-6H3,(H,26,31). The molecule has 0 bridgehead atoms. The average Bonchev–Trinajstić information content (AvgIpc) is 2.75. The van der Waals surface area contributed by atoms with Crippen LogP contribution in [0.25, 0.3) is 0 Å². The summed E-state index contributed by atoms with van der Waals surface area (Å²) in [4.78, 5) is 27.7. The van der Waals surface area contributed by atoms with Gasteiger partial charge in [-0.3, -0.25) is 9.59 Å². The zero-order chi connectivity index (χ0) is 25.7. The first kappa shape index (κ1) is 27.3. The molecule has 186 valence electrons. The van der Waals surface area contributed by atoms with E-state index in [1.54, 1.807) is 37.3 Å². The number of para-hydroxylation sites is 1. The van der Waals surface area contributed by atoms with Crippen LogP contribution in [0.3, 0.4) is 0 Å². The summed E-state index contributed by atoms with van der Waals surface area (Å²) >= 11 is 0. The molecule has 0 radical (unpaired) electrons. The van der Waals surface area contributed by atoms with E-state index in [0.717, 1.165) is 8.61 Å². The molecule has 2 aromatic rings. The summed E-state index contributed by atoms with van der Waals surface area (Å²) in [6.45, 7) is 6.54. The van der Waals surface area contributed by atoms with Crippen LogP contribution >= 0.6 is 0 Å². The van der Waals surface area contributed by atoms with Gasteiger partial charge in [0.25, 0.3) is 0 Å². The van der Waals surface area contributed by atoms with Crippen molar-refractivity contribution in [2.75, 3.05) is 24.9 Å². The van der Waals surface area contributed by atoms with E-state index in [1.165, 1.54) is 43.3 Å². The van der Waals surface area contributed by atoms with Crippen molar-refractivity contribution >= 4 is 27.7 Å². The summed E-state index contributed by atoms with van der Waals surface area (Å²) in [5.41, 5.74) is 0.394. The van der Waals surface area contributed by atoms with Gasteiger partial charge in [-0.2, -0.15) is 12.7 Å². The molecule has 0 aliphatic carbocycles. The number of benzene rings is 2. The molecule has 2 aromatic carbocycles. The lowest BCUT2D eigenvalue weighted by molar-refractivity contribution is -0.140. The number of carbonyl (C=O) groups excluding carboxylic acids is 2. The van der Waals surface area contributed by atoms with E-state index in [9.17, 15) is 22.4 Å². The predicted octanol–water partition coefficient (Wildman–Crippen LogP) is 2.77. The van der Waals surface area contributed by atoms with Crippen molar-refractivity contribution in [3.8, 4) is 0 Å².